The number of likely N-dealkylation sites (N-methyl/N-ethyl adjacent to an activating group) is 1. The summed E-state index contributed by atoms with van der Waals surface area (Å²) in [5, 5.41) is 12.0. The maximum atomic E-state index is 10.9. The second kappa shape index (κ2) is 7.62. The second-order valence-electron chi connectivity index (χ2n) is 4.07. The molecule has 0 spiro atoms. The molecular formula is C12H19N3O3. The van der Waals surface area contributed by atoms with Gasteiger partial charge in [-0.25, -0.2) is 4.79 Å². The lowest BCUT2D eigenvalue weighted by molar-refractivity contribution is 0.0697. The van der Waals surface area contributed by atoms with Gasteiger partial charge in [-0.3, -0.25) is 4.98 Å². The van der Waals surface area contributed by atoms with Crippen LogP contribution in [0.3, 0.4) is 0 Å². The molecule has 0 saturated heterocycles. The molecule has 0 radical (unpaired) electrons. The van der Waals surface area contributed by atoms with Crippen LogP contribution in [0.4, 0.5) is 5.69 Å². The minimum Gasteiger partial charge on any atom is -0.478 e. The third-order valence-corrected chi connectivity index (χ3v) is 2.30. The number of hydrogen-bond donors (Lipinski definition) is 2. The van der Waals surface area contributed by atoms with Crippen molar-refractivity contribution in [2.24, 2.45) is 0 Å². The Hall–Kier alpha value is -1.66. The SMILES string of the molecule is CN(C)CCOCCNc1cnccc1C(=O)O. The van der Waals surface area contributed by atoms with Crippen molar-refractivity contribution >= 4 is 11.7 Å². The van der Waals surface area contributed by atoms with E-state index < -0.39 is 5.97 Å². The summed E-state index contributed by atoms with van der Waals surface area (Å²) in [5.74, 6) is -0.964. The van der Waals surface area contributed by atoms with Gasteiger partial charge >= 0.3 is 5.97 Å². The van der Waals surface area contributed by atoms with Crippen LogP contribution < -0.4 is 5.32 Å². The number of nitrogens with zero attached hydrogens (tertiary/aromatic N) is 2. The summed E-state index contributed by atoms with van der Waals surface area (Å²) in [4.78, 5) is 16.9. The van der Waals surface area contributed by atoms with Gasteiger partial charge in [-0.15, -0.1) is 0 Å². The number of carbonyl (C=O) groups is 1. The Morgan fingerprint density at radius 2 is 2.28 bits per heavy atom. The zero-order valence-electron chi connectivity index (χ0n) is 10.7. The van der Waals surface area contributed by atoms with Gasteiger partial charge in [0.05, 0.1) is 30.7 Å². The van der Waals surface area contributed by atoms with Crippen LogP contribution in [0.2, 0.25) is 0 Å². The molecule has 0 saturated carbocycles. The van der Waals surface area contributed by atoms with E-state index >= 15 is 0 Å². The van der Waals surface area contributed by atoms with Gasteiger partial charge < -0.3 is 20.1 Å². The minimum absolute atomic E-state index is 0.221. The van der Waals surface area contributed by atoms with Crippen LogP contribution in [0.1, 0.15) is 10.4 Å². The van der Waals surface area contributed by atoms with Crippen LogP contribution in [0.5, 0.6) is 0 Å². The molecule has 6 nitrogen and oxygen atoms in total. The van der Waals surface area contributed by atoms with Crippen molar-refractivity contribution in [3.63, 3.8) is 0 Å². The molecule has 0 atom stereocenters. The van der Waals surface area contributed by atoms with Crippen LogP contribution in [0, 0.1) is 0 Å². The number of carboxylic acid groups (broad SMARTS) is 1. The predicted molar refractivity (Wildman–Crippen MR) is 69.1 cm³/mol. The number of ether oxygens (including phenoxy) is 1. The largest absolute Gasteiger partial charge is 0.478 e. The molecule has 0 aromatic carbocycles. The number of carboxylic acids is 1. The number of anilines is 1. The van der Waals surface area contributed by atoms with Crippen molar-refractivity contribution in [2.75, 3.05) is 45.7 Å². The Labute approximate surface area is 107 Å². The number of hydrogen-bond acceptors (Lipinski definition) is 5. The first kappa shape index (κ1) is 14.4. The number of aromatic nitrogens is 1. The molecule has 0 bridgehead atoms. The van der Waals surface area contributed by atoms with Crippen molar-refractivity contribution in [3.8, 4) is 0 Å². The highest BCUT2D eigenvalue weighted by molar-refractivity contribution is 5.93. The maximum absolute atomic E-state index is 10.9. The van der Waals surface area contributed by atoms with Gasteiger partial charge in [0.15, 0.2) is 0 Å². The van der Waals surface area contributed by atoms with Gasteiger partial charge in [0.1, 0.15) is 0 Å². The van der Waals surface area contributed by atoms with Crippen molar-refractivity contribution < 1.29 is 14.6 Å². The molecule has 18 heavy (non-hydrogen) atoms. The van der Waals surface area contributed by atoms with E-state index in [1.807, 2.05) is 19.0 Å². The van der Waals surface area contributed by atoms with E-state index in [4.69, 9.17) is 9.84 Å². The molecule has 0 unspecified atom stereocenters. The van der Waals surface area contributed by atoms with Crippen molar-refractivity contribution in [1.29, 1.82) is 0 Å². The quantitative estimate of drug-likeness (QED) is 0.667. The molecule has 6 heteroatoms. The fraction of sp³-hybridized carbons (Fsp3) is 0.500. The lowest BCUT2D eigenvalue weighted by Crippen LogP contribution is -2.20. The zero-order chi connectivity index (χ0) is 13.4. The summed E-state index contributed by atoms with van der Waals surface area (Å²) < 4.78 is 5.39. The Balaban J connectivity index is 2.29. The molecule has 0 fully saturated rings. The molecule has 1 rings (SSSR count). The summed E-state index contributed by atoms with van der Waals surface area (Å²) in [6.45, 7) is 2.61. The minimum atomic E-state index is -0.964. The highest BCUT2D eigenvalue weighted by Gasteiger charge is 2.08. The summed E-state index contributed by atoms with van der Waals surface area (Å²) in [6, 6.07) is 1.47. The van der Waals surface area contributed by atoms with Gasteiger partial charge in [-0.1, -0.05) is 0 Å². The van der Waals surface area contributed by atoms with Gasteiger partial charge in [-0.2, -0.15) is 0 Å². The monoisotopic (exact) mass is 253 g/mol. The van der Waals surface area contributed by atoms with Crippen LogP contribution in [-0.2, 0) is 4.74 Å². The molecule has 0 amide bonds. The molecule has 1 heterocycles. The first-order valence-electron chi connectivity index (χ1n) is 5.75. The van der Waals surface area contributed by atoms with E-state index in [9.17, 15) is 4.79 Å². The highest BCUT2D eigenvalue weighted by Crippen LogP contribution is 2.12. The number of nitrogens with one attached hydrogen (secondary N) is 1. The van der Waals surface area contributed by atoms with E-state index in [-0.39, 0.29) is 5.56 Å². The molecule has 0 aliphatic rings. The van der Waals surface area contributed by atoms with Gasteiger partial charge in [0.2, 0.25) is 0 Å². The van der Waals surface area contributed by atoms with Crippen LogP contribution >= 0.6 is 0 Å². The summed E-state index contributed by atoms with van der Waals surface area (Å²) in [6.07, 6.45) is 2.96. The van der Waals surface area contributed by atoms with E-state index in [0.717, 1.165) is 6.54 Å². The van der Waals surface area contributed by atoms with E-state index in [0.29, 0.717) is 25.4 Å². The molecule has 1 aromatic rings. The Morgan fingerprint density at radius 1 is 1.50 bits per heavy atom. The second-order valence-corrected chi connectivity index (χ2v) is 4.07. The first-order valence-corrected chi connectivity index (χ1v) is 5.75. The fourth-order valence-corrected chi connectivity index (χ4v) is 1.33. The van der Waals surface area contributed by atoms with Crippen LogP contribution in [0.15, 0.2) is 18.5 Å². The zero-order valence-corrected chi connectivity index (χ0v) is 10.7. The summed E-state index contributed by atoms with van der Waals surface area (Å²) >= 11 is 0. The third-order valence-electron chi connectivity index (χ3n) is 2.30. The number of rotatable bonds is 8. The number of pyridine rings is 1. The smallest absolute Gasteiger partial charge is 0.337 e. The molecule has 0 aliphatic carbocycles. The molecule has 100 valence electrons. The molecule has 0 aliphatic heterocycles. The van der Waals surface area contributed by atoms with Crippen molar-refractivity contribution in [1.82, 2.24) is 9.88 Å². The molecular weight excluding hydrogens is 234 g/mol. The number of aromatic carboxylic acids is 1. The van der Waals surface area contributed by atoms with Gasteiger partial charge in [-0.05, 0) is 20.2 Å². The topological polar surface area (TPSA) is 74.7 Å². The predicted octanol–water partition coefficient (Wildman–Crippen LogP) is 0.770. The highest BCUT2D eigenvalue weighted by atomic mass is 16.5. The Kier molecular flexibility index (Phi) is 6.10. The lowest BCUT2D eigenvalue weighted by atomic mass is 10.2. The lowest BCUT2D eigenvalue weighted by Gasteiger charge is -2.11. The molecule has 2 N–H and O–H groups in total. The van der Waals surface area contributed by atoms with Gasteiger partial charge in [0.25, 0.3) is 0 Å². The van der Waals surface area contributed by atoms with Crippen LogP contribution in [0.25, 0.3) is 0 Å². The summed E-state index contributed by atoms with van der Waals surface area (Å²) in [7, 11) is 3.97. The van der Waals surface area contributed by atoms with E-state index in [2.05, 4.69) is 10.3 Å². The van der Waals surface area contributed by atoms with E-state index in [1.165, 1.54) is 18.5 Å². The van der Waals surface area contributed by atoms with Crippen molar-refractivity contribution in [3.05, 3.63) is 24.0 Å². The average molecular weight is 253 g/mol. The Bertz CT molecular complexity index is 383. The third kappa shape index (κ3) is 5.11. The Morgan fingerprint density at radius 3 is 2.94 bits per heavy atom. The summed E-state index contributed by atoms with van der Waals surface area (Å²) in [5.41, 5.74) is 0.736. The standard InChI is InChI=1S/C12H19N3O3/c1-15(2)6-8-18-7-5-14-11-9-13-4-3-10(11)12(16)17/h3-4,9,14H,5-8H2,1-2H3,(H,16,17). The van der Waals surface area contributed by atoms with Gasteiger partial charge in [0, 0.05) is 19.3 Å². The molecule has 1 aromatic heterocycles. The van der Waals surface area contributed by atoms with E-state index in [1.54, 1.807) is 0 Å². The first-order chi connectivity index (χ1) is 8.61. The van der Waals surface area contributed by atoms with Crippen LogP contribution in [-0.4, -0.2) is 61.4 Å². The fourth-order valence-electron chi connectivity index (χ4n) is 1.33. The average Bonchev–Trinajstić information content (AvgIpc) is 2.33. The normalized spacial score (nSPS) is 10.6. The maximum Gasteiger partial charge on any atom is 0.337 e. The van der Waals surface area contributed by atoms with Crippen molar-refractivity contribution in [2.45, 2.75) is 0 Å².